The van der Waals surface area contributed by atoms with Crippen molar-refractivity contribution < 1.29 is 9.53 Å². The Morgan fingerprint density at radius 1 is 1.25 bits per heavy atom. The molecule has 1 aromatic rings. The number of nitrogens with one attached hydrogen (secondary N) is 1. The lowest BCUT2D eigenvalue weighted by atomic mass is 9.89. The highest BCUT2D eigenvalue weighted by molar-refractivity contribution is 5.81. The lowest BCUT2D eigenvalue weighted by Gasteiger charge is -2.37. The summed E-state index contributed by atoms with van der Waals surface area (Å²) in [6, 6.07) is 8.32. The third-order valence-electron chi connectivity index (χ3n) is 4.65. The van der Waals surface area contributed by atoms with E-state index in [0.29, 0.717) is 19.8 Å². The first-order valence-electron chi connectivity index (χ1n) is 7.39. The van der Waals surface area contributed by atoms with Gasteiger partial charge in [0, 0.05) is 25.7 Å². The van der Waals surface area contributed by atoms with Gasteiger partial charge in [0.15, 0.2) is 0 Å². The van der Waals surface area contributed by atoms with Crippen LogP contribution in [0.5, 0.6) is 0 Å². The van der Waals surface area contributed by atoms with Gasteiger partial charge in [-0.2, -0.15) is 0 Å². The molecule has 3 N–H and O–H groups in total. The lowest BCUT2D eigenvalue weighted by molar-refractivity contribution is -0.127. The number of rotatable bonds is 3. The van der Waals surface area contributed by atoms with Crippen LogP contribution in [0.2, 0.25) is 0 Å². The van der Waals surface area contributed by atoms with Crippen LogP contribution in [0.3, 0.4) is 0 Å². The van der Waals surface area contributed by atoms with Crippen LogP contribution in [0.1, 0.15) is 24.0 Å². The molecular formula is C16H22N2O2. The van der Waals surface area contributed by atoms with Crippen molar-refractivity contribution in [2.45, 2.75) is 31.2 Å². The number of benzene rings is 1. The molecule has 4 nitrogen and oxygen atoms in total. The van der Waals surface area contributed by atoms with Gasteiger partial charge in [-0.15, -0.1) is 0 Å². The molecule has 0 aromatic heterocycles. The summed E-state index contributed by atoms with van der Waals surface area (Å²) in [7, 11) is 0. The molecule has 108 valence electrons. The summed E-state index contributed by atoms with van der Waals surface area (Å²) >= 11 is 0. The number of hydrogen-bond donors (Lipinski definition) is 2. The largest absolute Gasteiger partial charge is 0.381 e. The van der Waals surface area contributed by atoms with Gasteiger partial charge < -0.3 is 15.8 Å². The van der Waals surface area contributed by atoms with Gasteiger partial charge in [0.1, 0.15) is 0 Å². The fourth-order valence-corrected chi connectivity index (χ4v) is 3.25. The summed E-state index contributed by atoms with van der Waals surface area (Å²) in [6.45, 7) is 1.85. The van der Waals surface area contributed by atoms with Gasteiger partial charge in [0.25, 0.3) is 0 Å². The minimum Gasteiger partial charge on any atom is -0.381 e. The second kappa shape index (κ2) is 5.54. The molecule has 0 radical (unpaired) electrons. The van der Waals surface area contributed by atoms with E-state index in [-0.39, 0.29) is 17.4 Å². The van der Waals surface area contributed by atoms with Gasteiger partial charge in [-0.05, 0) is 36.8 Å². The lowest BCUT2D eigenvalue weighted by Crippen LogP contribution is -2.58. The van der Waals surface area contributed by atoms with Crippen LogP contribution in [0.25, 0.3) is 0 Å². The van der Waals surface area contributed by atoms with Gasteiger partial charge in [-0.3, -0.25) is 4.79 Å². The molecule has 0 atom stereocenters. The van der Waals surface area contributed by atoms with E-state index in [1.54, 1.807) is 0 Å². The van der Waals surface area contributed by atoms with Crippen molar-refractivity contribution in [2.75, 3.05) is 19.8 Å². The maximum Gasteiger partial charge on any atom is 0.224 e. The molecule has 2 aliphatic rings. The monoisotopic (exact) mass is 274 g/mol. The molecule has 0 saturated carbocycles. The third-order valence-corrected chi connectivity index (χ3v) is 4.65. The first-order valence-corrected chi connectivity index (χ1v) is 7.39. The molecule has 1 heterocycles. The van der Waals surface area contributed by atoms with E-state index in [1.807, 2.05) is 12.1 Å². The molecule has 1 fully saturated rings. The Balaban J connectivity index is 1.66. The molecule has 20 heavy (non-hydrogen) atoms. The Labute approximate surface area is 119 Å². The van der Waals surface area contributed by atoms with E-state index in [2.05, 4.69) is 17.4 Å². The van der Waals surface area contributed by atoms with Crippen LogP contribution in [0, 0.1) is 5.92 Å². The second-order valence-corrected chi connectivity index (χ2v) is 5.96. The van der Waals surface area contributed by atoms with Crippen LogP contribution in [0.4, 0.5) is 0 Å². The Morgan fingerprint density at radius 2 is 1.85 bits per heavy atom. The Kier molecular flexibility index (Phi) is 3.76. The number of ether oxygens (including phenoxy) is 1. The number of hydrogen-bond acceptors (Lipinski definition) is 3. The zero-order valence-corrected chi connectivity index (χ0v) is 11.7. The predicted octanol–water partition coefficient (Wildman–Crippen LogP) is 1.03. The SMILES string of the molecule is NCC1(NC(=O)C2Cc3ccccc3C2)CCOCC1. The normalized spacial score (nSPS) is 21.4. The first-order chi connectivity index (χ1) is 9.72. The van der Waals surface area contributed by atoms with Gasteiger partial charge in [-0.25, -0.2) is 0 Å². The van der Waals surface area contributed by atoms with Gasteiger partial charge in [0.05, 0.1) is 5.54 Å². The quantitative estimate of drug-likeness (QED) is 0.865. The molecule has 1 aliphatic carbocycles. The number of carbonyl (C=O) groups is 1. The average Bonchev–Trinajstić information content (AvgIpc) is 2.92. The van der Waals surface area contributed by atoms with Crippen molar-refractivity contribution in [2.24, 2.45) is 11.7 Å². The number of carbonyl (C=O) groups excluding carboxylic acids is 1. The minimum atomic E-state index is -0.260. The van der Waals surface area contributed by atoms with Crippen LogP contribution in [-0.2, 0) is 22.4 Å². The van der Waals surface area contributed by atoms with Gasteiger partial charge >= 0.3 is 0 Å². The highest BCUT2D eigenvalue weighted by Crippen LogP contribution is 2.28. The van der Waals surface area contributed by atoms with E-state index >= 15 is 0 Å². The molecule has 4 heteroatoms. The molecule has 1 aromatic carbocycles. The average molecular weight is 274 g/mol. The van der Waals surface area contributed by atoms with Crippen molar-refractivity contribution >= 4 is 5.91 Å². The summed E-state index contributed by atoms with van der Waals surface area (Å²) < 4.78 is 5.38. The molecule has 1 saturated heterocycles. The molecule has 1 amide bonds. The Hall–Kier alpha value is -1.39. The van der Waals surface area contributed by atoms with Crippen molar-refractivity contribution in [1.82, 2.24) is 5.32 Å². The van der Waals surface area contributed by atoms with E-state index in [4.69, 9.17) is 10.5 Å². The summed E-state index contributed by atoms with van der Waals surface area (Å²) in [5, 5.41) is 3.21. The summed E-state index contributed by atoms with van der Waals surface area (Å²) in [5.41, 5.74) is 8.25. The van der Waals surface area contributed by atoms with Crippen LogP contribution < -0.4 is 11.1 Å². The van der Waals surface area contributed by atoms with Gasteiger partial charge in [-0.1, -0.05) is 24.3 Å². The maximum atomic E-state index is 12.5. The zero-order chi connectivity index (χ0) is 14.0. The van der Waals surface area contributed by atoms with E-state index < -0.39 is 0 Å². The number of fused-ring (bicyclic) bond motifs is 1. The first kappa shape index (κ1) is 13.6. The number of amides is 1. The van der Waals surface area contributed by atoms with Crippen molar-refractivity contribution in [1.29, 1.82) is 0 Å². The fraction of sp³-hybridized carbons (Fsp3) is 0.562. The van der Waals surface area contributed by atoms with Crippen LogP contribution >= 0.6 is 0 Å². The van der Waals surface area contributed by atoms with Crippen LogP contribution in [-0.4, -0.2) is 31.2 Å². The van der Waals surface area contributed by atoms with Crippen molar-refractivity contribution in [3.63, 3.8) is 0 Å². The summed E-state index contributed by atoms with van der Waals surface area (Å²) in [5.74, 6) is 0.201. The van der Waals surface area contributed by atoms with Gasteiger partial charge in [0.2, 0.25) is 5.91 Å². The predicted molar refractivity (Wildman–Crippen MR) is 77.3 cm³/mol. The van der Waals surface area contributed by atoms with Crippen LogP contribution in [0.15, 0.2) is 24.3 Å². The molecule has 0 spiro atoms. The second-order valence-electron chi connectivity index (χ2n) is 5.96. The summed E-state index contributed by atoms with van der Waals surface area (Å²) in [4.78, 5) is 12.5. The molecule has 3 rings (SSSR count). The third kappa shape index (κ3) is 2.58. The topological polar surface area (TPSA) is 64.3 Å². The fourth-order valence-electron chi connectivity index (χ4n) is 3.25. The molecule has 0 unspecified atom stereocenters. The van der Waals surface area contributed by atoms with E-state index in [1.165, 1.54) is 11.1 Å². The Morgan fingerprint density at radius 3 is 2.40 bits per heavy atom. The highest BCUT2D eigenvalue weighted by Gasteiger charge is 2.36. The number of nitrogens with two attached hydrogens (primary N) is 1. The highest BCUT2D eigenvalue weighted by atomic mass is 16.5. The summed E-state index contributed by atoms with van der Waals surface area (Å²) in [6.07, 6.45) is 3.32. The maximum absolute atomic E-state index is 12.5. The standard InChI is InChI=1S/C16H22N2O2/c17-11-16(5-7-20-8-6-16)18-15(19)14-9-12-3-1-2-4-13(12)10-14/h1-4,14H,5-11,17H2,(H,18,19). The smallest absolute Gasteiger partial charge is 0.224 e. The zero-order valence-electron chi connectivity index (χ0n) is 11.7. The van der Waals surface area contributed by atoms with Crippen molar-refractivity contribution in [3.05, 3.63) is 35.4 Å². The molecule has 1 aliphatic heterocycles. The Bertz CT molecular complexity index is 470. The van der Waals surface area contributed by atoms with E-state index in [9.17, 15) is 4.79 Å². The molecular weight excluding hydrogens is 252 g/mol. The van der Waals surface area contributed by atoms with Crippen molar-refractivity contribution in [3.8, 4) is 0 Å². The van der Waals surface area contributed by atoms with E-state index in [0.717, 1.165) is 25.7 Å². The molecule has 0 bridgehead atoms. The minimum absolute atomic E-state index is 0.0543.